The highest BCUT2D eigenvalue weighted by molar-refractivity contribution is 8.13. The molecule has 15 heavy (non-hydrogen) atoms. The molecule has 2 atom stereocenters. The molecule has 1 aliphatic heterocycles. The SMILES string of the molecule is NC1=NC2c3ccccc3CCC2CS1. The van der Waals surface area contributed by atoms with Gasteiger partial charge in [-0.3, -0.25) is 4.99 Å². The fourth-order valence-corrected chi connectivity index (χ4v) is 3.44. The van der Waals surface area contributed by atoms with Crippen LogP contribution >= 0.6 is 11.8 Å². The van der Waals surface area contributed by atoms with E-state index in [0.717, 1.165) is 10.9 Å². The number of hydrogen-bond donors (Lipinski definition) is 1. The quantitative estimate of drug-likeness (QED) is 0.726. The van der Waals surface area contributed by atoms with E-state index in [-0.39, 0.29) is 0 Å². The van der Waals surface area contributed by atoms with E-state index in [1.807, 2.05) is 0 Å². The Morgan fingerprint density at radius 2 is 2.20 bits per heavy atom. The van der Waals surface area contributed by atoms with Gasteiger partial charge in [-0.15, -0.1) is 0 Å². The van der Waals surface area contributed by atoms with Crippen molar-refractivity contribution in [3.8, 4) is 0 Å². The number of rotatable bonds is 0. The highest BCUT2D eigenvalue weighted by atomic mass is 32.2. The Balaban J connectivity index is 2.07. The van der Waals surface area contributed by atoms with Gasteiger partial charge >= 0.3 is 0 Å². The molecule has 3 heteroatoms. The Morgan fingerprint density at radius 1 is 1.33 bits per heavy atom. The summed E-state index contributed by atoms with van der Waals surface area (Å²) in [4.78, 5) is 4.60. The van der Waals surface area contributed by atoms with Crippen LogP contribution in [0.4, 0.5) is 0 Å². The number of thioether (sulfide) groups is 1. The van der Waals surface area contributed by atoms with Crippen LogP contribution in [-0.2, 0) is 6.42 Å². The first kappa shape index (κ1) is 9.28. The van der Waals surface area contributed by atoms with Gasteiger partial charge in [0.25, 0.3) is 0 Å². The predicted molar refractivity (Wildman–Crippen MR) is 65.1 cm³/mol. The molecule has 0 aromatic heterocycles. The van der Waals surface area contributed by atoms with Crippen molar-refractivity contribution in [1.82, 2.24) is 0 Å². The van der Waals surface area contributed by atoms with Gasteiger partial charge in [-0.2, -0.15) is 0 Å². The summed E-state index contributed by atoms with van der Waals surface area (Å²) in [5, 5.41) is 0.757. The minimum absolute atomic E-state index is 0.330. The lowest BCUT2D eigenvalue weighted by Gasteiger charge is -2.33. The van der Waals surface area contributed by atoms with Crippen molar-refractivity contribution in [2.45, 2.75) is 18.9 Å². The monoisotopic (exact) mass is 218 g/mol. The van der Waals surface area contributed by atoms with Crippen molar-refractivity contribution in [3.63, 3.8) is 0 Å². The molecule has 1 heterocycles. The van der Waals surface area contributed by atoms with E-state index in [1.165, 1.54) is 24.0 Å². The van der Waals surface area contributed by atoms with Gasteiger partial charge in [0, 0.05) is 5.75 Å². The molecule has 1 aromatic rings. The Morgan fingerprint density at radius 3 is 3.13 bits per heavy atom. The smallest absolute Gasteiger partial charge is 0.154 e. The molecule has 2 N–H and O–H groups in total. The predicted octanol–water partition coefficient (Wildman–Crippen LogP) is 2.35. The number of fused-ring (bicyclic) bond motifs is 3. The van der Waals surface area contributed by atoms with Gasteiger partial charge < -0.3 is 5.73 Å². The number of aliphatic imine (C=N–C) groups is 1. The maximum absolute atomic E-state index is 5.81. The third-order valence-corrected chi connectivity index (χ3v) is 4.31. The molecule has 0 saturated heterocycles. The minimum atomic E-state index is 0.330. The lowest BCUT2D eigenvalue weighted by Crippen LogP contribution is -2.28. The largest absolute Gasteiger partial charge is 0.379 e. The number of aryl methyl sites for hydroxylation is 1. The lowest BCUT2D eigenvalue weighted by molar-refractivity contribution is 0.418. The molecule has 1 aromatic carbocycles. The van der Waals surface area contributed by atoms with Crippen molar-refractivity contribution in [1.29, 1.82) is 0 Å². The fraction of sp³-hybridized carbons (Fsp3) is 0.417. The van der Waals surface area contributed by atoms with Crippen LogP contribution in [0.2, 0.25) is 0 Å². The highest BCUT2D eigenvalue weighted by Gasteiger charge is 2.31. The van der Waals surface area contributed by atoms with Crippen LogP contribution < -0.4 is 5.73 Å². The van der Waals surface area contributed by atoms with Crippen molar-refractivity contribution < 1.29 is 0 Å². The van der Waals surface area contributed by atoms with E-state index in [1.54, 1.807) is 11.8 Å². The Labute approximate surface area is 94.0 Å². The molecular formula is C12H14N2S. The zero-order chi connectivity index (χ0) is 10.3. The van der Waals surface area contributed by atoms with Crippen LogP contribution in [0.15, 0.2) is 29.3 Å². The molecule has 0 amide bonds. The molecule has 1 aliphatic carbocycles. The zero-order valence-corrected chi connectivity index (χ0v) is 9.33. The van der Waals surface area contributed by atoms with Crippen LogP contribution in [0.3, 0.4) is 0 Å². The summed E-state index contributed by atoms with van der Waals surface area (Å²) in [7, 11) is 0. The third-order valence-electron chi connectivity index (χ3n) is 3.32. The number of amidine groups is 1. The Hall–Kier alpha value is -0.960. The molecule has 2 unspecified atom stereocenters. The number of hydrogen-bond acceptors (Lipinski definition) is 3. The van der Waals surface area contributed by atoms with Gasteiger partial charge in [0.2, 0.25) is 0 Å². The van der Waals surface area contributed by atoms with Crippen LogP contribution in [-0.4, -0.2) is 10.9 Å². The average molecular weight is 218 g/mol. The topological polar surface area (TPSA) is 38.4 Å². The molecule has 78 valence electrons. The fourth-order valence-electron chi connectivity index (χ4n) is 2.52. The molecule has 0 saturated carbocycles. The standard InChI is InChI=1S/C12H14N2S/c13-12-14-11-9(7-15-12)6-5-8-3-1-2-4-10(8)11/h1-4,9,11H,5-7H2,(H2,13,14). The van der Waals surface area contributed by atoms with Gasteiger partial charge in [0.05, 0.1) is 6.04 Å². The van der Waals surface area contributed by atoms with Gasteiger partial charge in [-0.05, 0) is 29.9 Å². The first-order valence-electron chi connectivity index (χ1n) is 5.38. The summed E-state index contributed by atoms with van der Waals surface area (Å²) in [5.74, 6) is 1.83. The molecule has 0 bridgehead atoms. The van der Waals surface area contributed by atoms with Crippen LogP contribution in [0.25, 0.3) is 0 Å². The highest BCUT2D eigenvalue weighted by Crippen LogP contribution is 2.41. The van der Waals surface area contributed by atoms with Crippen LogP contribution in [0.5, 0.6) is 0 Å². The zero-order valence-electron chi connectivity index (χ0n) is 8.52. The normalized spacial score (nSPS) is 28.9. The van der Waals surface area contributed by atoms with Gasteiger partial charge in [0.15, 0.2) is 5.17 Å². The molecule has 0 fully saturated rings. The summed E-state index contributed by atoms with van der Waals surface area (Å²) < 4.78 is 0. The van der Waals surface area contributed by atoms with Crippen LogP contribution in [0, 0.1) is 5.92 Å². The van der Waals surface area contributed by atoms with Gasteiger partial charge in [-0.1, -0.05) is 36.0 Å². The van der Waals surface area contributed by atoms with E-state index in [2.05, 4.69) is 29.3 Å². The van der Waals surface area contributed by atoms with E-state index in [9.17, 15) is 0 Å². The first-order chi connectivity index (χ1) is 7.34. The molecule has 0 spiro atoms. The van der Waals surface area contributed by atoms with Crippen molar-refractivity contribution in [3.05, 3.63) is 35.4 Å². The van der Waals surface area contributed by atoms with Crippen LogP contribution in [0.1, 0.15) is 23.6 Å². The molecule has 3 rings (SSSR count). The van der Waals surface area contributed by atoms with Crippen molar-refractivity contribution >= 4 is 16.9 Å². The van der Waals surface area contributed by atoms with Crippen molar-refractivity contribution in [2.75, 3.05) is 5.75 Å². The minimum Gasteiger partial charge on any atom is -0.379 e. The van der Waals surface area contributed by atoms with Gasteiger partial charge in [-0.25, -0.2) is 0 Å². The second-order valence-electron chi connectivity index (χ2n) is 4.22. The van der Waals surface area contributed by atoms with E-state index in [4.69, 9.17) is 5.73 Å². The first-order valence-corrected chi connectivity index (χ1v) is 6.37. The Kier molecular flexibility index (Phi) is 2.20. The summed E-state index contributed by atoms with van der Waals surface area (Å²) in [5.41, 5.74) is 8.67. The summed E-state index contributed by atoms with van der Waals surface area (Å²) in [6.45, 7) is 0. The number of nitrogens with zero attached hydrogens (tertiary/aromatic N) is 1. The maximum Gasteiger partial charge on any atom is 0.154 e. The lowest BCUT2D eigenvalue weighted by atomic mass is 9.81. The molecule has 2 aliphatic rings. The van der Waals surface area contributed by atoms with E-state index < -0.39 is 0 Å². The van der Waals surface area contributed by atoms with Gasteiger partial charge in [0.1, 0.15) is 0 Å². The second-order valence-corrected chi connectivity index (χ2v) is 5.26. The number of benzene rings is 1. The molecule has 0 radical (unpaired) electrons. The Bertz CT molecular complexity index is 414. The van der Waals surface area contributed by atoms with Crippen molar-refractivity contribution in [2.24, 2.45) is 16.6 Å². The van der Waals surface area contributed by atoms with E-state index >= 15 is 0 Å². The molecule has 2 nitrogen and oxygen atoms in total. The number of nitrogens with two attached hydrogens (primary N) is 1. The summed E-state index contributed by atoms with van der Waals surface area (Å²) >= 11 is 1.71. The summed E-state index contributed by atoms with van der Waals surface area (Å²) in [6, 6.07) is 8.98. The van der Waals surface area contributed by atoms with E-state index in [0.29, 0.717) is 12.0 Å². The second kappa shape index (κ2) is 3.56. The maximum atomic E-state index is 5.81. The molecular weight excluding hydrogens is 204 g/mol. The average Bonchev–Trinajstić information content (AvgIpc) is 2.29. The summed E-state index contributed by atoms with van der Waals surface area (Å²) in [6.07, 6.45) is 2.46. The third kappa shape index (κ3) is 1.55.